The molecule has 0 bridgehead atoms. The quantitative estimate of drug-likeness (QED) is 0.510. The Labute approximate surface area is 144 Å². The normalized spacial score (nSPS) is 13.6. The molecule has 24 heavy (non-hydrogen) atoms. The summed E-state index contributed by atoms with van der Waals surface area (Å²) in [6, 6.07) is 9.58. The highest BCUT2D eigenvalue weighted by molar-refractivity contribution is 7.53. The molecule has 1 unspecified atom stereocenters. The van der Waals surface area contributed by atoms with E-state index in [9.17, 15) is 8.96 Å². The molecule has 0 saturated carbocycles. The molecule has 0 amide bonds. The molecule has 0 aliphatic rings. The number of hydrogen-bond donors (Lipinski definition) is 0. The van der Waals surface area contributed by atoms with Gasteiger partial charge in [0.2, 0.25) is 0 Å². The fraction of sp³-hybridized carbons (Fsp3) is 0.647. The molecule has 0 radical (unpaired) electrons. The lowest BCUT2D eigenvalue weighted by molar-refractivity contribution is -0.0245. The average Bonchev–Trinajstić information content (AvgIpc) is 2.50. The molecule has 1 atom stereocenters. The third-order valence-corrected chi connectivity index (χ3v) is 4.75. The van der Waals surface area contributed by atoms with Crippen LogP contribution in [0.5, 0.6) is 0 Å². The maximum absolute atomic E-state index is 13.1. The van der Waals surface area contributed by atoms with Crippen LogP contribution in [0.25, 0.3) is 0 Å². The summed E-state index contributed by atoms with van der Waals surface area (Å²) in [4.78, 5) is 0. The molecular formula is C17H28FO5P. The van der Waals surface area contributed by atoms with E-state index >= 15 is 0 Å². The molecule has 0 heterocycles. The molecule has 1 rings (SSSR count). The van der Waals surface area contributed by atoms with Crippen LogP contribution in [0.2, 0.25) is 0 Å². The number of alkyl halides is 1. The topological polar surface area (TPSA) is 54.0 Å². The predicted molar refractivity (Wildman–Crippen MR) is 91.9 cm³/mol. The van der Waals surface area contributed by atoms with Crippen LogP contribution < -0.4 is 0 Å². The summed E-state index contributed by atoms with van der Waals surface area (Å²) in [7, 11) is -3.43. The van der Waals surface area contributed by atoms with Gasteiger partial charge in [0.1, 0.15) is 19.1 Å². The van der Waals surface area contributed by atoms with Crippen LogP contribution in [0.4, 0.5) is 4.39 Å². The molecule has 0 saturated heterocycles. The number of rotatable bonds is 12. The maximum atomic E-state index is 13.1. The third kappa shape index (κ3) is 8.90. The second-order valence-electron chi connectivity index (χ2n) is 5.99. The van der Waals surface area contributed by atoms with Gasteiger partial charge >= 0.3 is 7.60 Å². The average molecular weight is 362 g/mol. The van der Waals surface area contributed by atoms with Gasteiger partial charge in [-0.3, -0.25) is 4.57 Å². The lowest BCUT2D eigenvalue weighted by Gasteiger charge is -2.24. The Bertz CT molecular complexity index is 481. The number of halogens is 1. The first-order valence-electron chi connectivity index (χ1n) is 8.09. The molecular weight excluding hydrogens is 334 g/mol. The monoisotopic (exact) mass is 362 g/mol. The van der Waals surface area contributed by atoms with Crippen molar-refractivity contribution in [3.8, 4) is 0 Å². The highest BCUT2D eigenvalue weighted by atomic mass is 31.2. The Hall–Kier alpha value is -0.780. The van der Waals surface area contributed by atoms with Crippen molar-refractivity contribution < 1.29 is 27.5 Å². The van der Waals surface area contributed by atoms with Crippen LogP contribution in [0.15, 0.2) is 30.3 Å². The summed E-state index contributed by atoms with van der Waals surface area (Å²) in [5.74, 6) is 0. The van der Waals surface area contributed by atoms with Gasteiger partial charge in [-0.25, -0.2) is 4.39 Å². The van der Waals surface area contributed by atoms with Crippen molar-refractivity contribution in [2.45, 2.75) is 52.6 Å². The minimum absolute atomic E-state index is 0.0642. The van der Waals surface area contributed by atoms with Crippen LogP contribution in [0.3, 0.4) is 0 Å². The van der Waals surface area contributed by atoms with Gasteiger partial charge in [-0.1, -0.05) is 30.3 Å². The molecule has 1 aromatic rings. The minimum Gasteiger partial charge on any atom is -0.374 e. The highest BCUT2D eigenvalue weighted by Crippen LogP contribution is 2.50. The summed E-state index contributed by atoms with van der Waals surface area (Å²) < 4.78 is 47.3. The fourth-order valence-corrected chi connectivity index (χ4v) is 3.79. The molecule has 5 nitrogen and oxygen atoms in total. The van der Waals surface area contributed by atoms with E-state index in [2.05, 4.69) is 0 Å². The second kappa shape index (κ2) is 11.0. The lowest BCUT2D eigenvalue weighted by Crippen LogP contribution is -2.24. The van der Waals surface area contributed by atoms with E-state index in [0.29, 0.717) is 6.61 Å². The summed E-state index contributed by atoms with van der Waals surface area (Å²) in [5.41, 5.74) is 0.993. The summed E-state index contributed by atoms with van der Waals surface area (Å²) in [6.45, 7) is 6.71. The van der Waals surface area contributed by atoms with Crippen molar-refractivity contribution in [2.24, 2.45) is 0 Å². The van der Waals surface area contributed by atoms with Gasteiger partial charge in [0, 0.05) is 0 Å². The van der Waals surface area contributed by atoms with Gasteiger partial charge in [-0.05, 0) is 33.3 Å². The van der Waals surface area contributed by atoms with Crippen molar-refractivity contribution in [1.82, 2.24) is 0 Å². The van der Waals surface area contributed by atoms with Gasteiger partial charge in [0.05, 0.1) is 25.4 Å². The first kappa shape index (κ1) is 21.3. The van der Waals surface area contributed by atoms with Gasteiger partial charge in [-0.2, -0.15) is 0 Å². The van der Waals surface area contributed by atoms with E-state index in [1.54, 1.807) is 27.7 Å². The number of ether oxygens (including phenoxy) is 2. The molecule has 0 spiro atoms. The molecule has 138 valence electrons. The lowest BCUT2D eigenvalue weighted by atomic mass is 10.2. The molecule has 0 aliphatic carbocycles. The van der Waals surface area contributed by atoms with Crippen LogP contribution in [0, 0.1) is 0 Å². The van der Waals surface area contributed by atoms with E-state index in [4.69, 9.17) is 18.5 Å². The zero-order valence-electron chi connectivity index (χ0n) is 14.8. The van der Waals surface area contributed by atoms with Gasteiger partial charge in [-0.15, -0.1) is 0 Å². The molecule has 7 heteroatoms. The molecule has 0 fully saturated rings. The first-order valence-corrected chi connectivity index (χ1v) is 9.82. The molecule has 0 aromatic heterocycles. The molecule has 0 aliphatic heterocycles. The minimum atomic E-state index is -3.43. The van der Waals surface area contributed by atoms with Crippen LogP contribution in [0.1, 0.15) is 33.3 Å². The Balaban J connectivity index is 2.45. The Kier molecular flexibility index (Phi) is 9.71. The zero-order valence-corrected chi connectivity index (χ0v) is 15.7. The van der Waals surface area contributed by atoms with Gasteiger partial charge < -0.3 is 18.5 Å². The molecule has 0 N–H and O–H groups in total. The SMILES string of the molecule is CC(C)OP(=O)(COC(CF)COCc1ccccc1)OC(C)C. The smallest absolute Gasteiger partial charge is 0.356 e. The highest BCUT2D eigenvalue weighted by Gasteiger charge is 2.29. The number of hydrogen-bond acceptors (Lipinski definition) is 5. The van der Waals surface area contributed by atoms with Crippen molar-refractivity contribution in [1.29, 1.82) is 0 Å². The largest absolute Gasteiger partial charge is 0.374 e. The summed E-state index contributed by atoms with van der Waals surface area (Å²) >= 11 is 0. The standard InChI is InChI=1S/C17H28FO5P/c1-14(2)22-24(19,23-15(3)4)13-21-17(10-18)12-20-11-16-8-6-5-7-9-16/h5-9,14-15,17H,10-13H2,1-4H3. The predicted octanol–water partition coefficient (Wildman–Crippen LogP) is 4.56. The van der Waals surface area contributed by atoms with Crippen molar-refractivity contribution >= 4 is 7.60 Å². The second-order valence-corrected chi connectivity index (χ2v) is 7.89. The zero-order chi connectivity index (χ0) is 18.0. The van der Waals surface area contributed by atoms with Crippen LogP contribution in [-0.4, -0.2) is 37.9 Å². The summed E-state index contributed by atoms with van der Waals surface area (Å²) in [6.07, 6.45) is -1.67. The van der Waals surface area contributed by atoms with E-state index in [-0.39, 0.29) is 25.2 Å². The van der Waals surface area contributed by atoms with Crippen LogP contribution in [-0.2, 0) is 29.7 Å². The van der Waals surface area contributed by atoms with E-state index < -0.39 is 20.4 Å². The van der Waals surface area contributed by atoms with Crippen LogP contribution >= 0.6 is 7.60 Å². The third-order valence-electron chi connectivity index (χ3n) is 2.80. The van der Waals surface area contributed by atoms with Crippen molar-refractivity contribution in [2.75, 3.05) is 19.6 Å². The van der Waals surface area contributed by atoms with E-state index in [1.165, 1.54) is 0 Å². The summed E-state index contributed by atoms with van der Waals surface area (Å²) in [5, 5.41) is 0. The first-order chi connectivity index (χ1) is 11.3. The Morgan fingerprint density at radius 1 is 1.04 bits per heavy atom. The number of benzene rings is 1. The fourth-order valence-electron chi connectivity index (χ4n) is 1.94. The van der Waals surface area contributed by atoms with Gasteiger partial charge in [0.25, 0.3) is 0 Å². The van der Waals surface area contributed by atoms with Gasteiger partial charge in [0.15, 0.2) is 0 Å². The van der Waals surface area contributed by atoms with Crippen molar-refractivity contribution in [3.05, 3.63) is 35.9 Å². The van der Waals surface area contributed by atoms with E-state index in [0.717, 1.165) is 5.56 Å². The maximum Gasteiger partial charge on any atom is 0.356 e. The van der Waals surface area contributed by atoms with Crippen molar-refractivity contribution in [3.63, 3.8) is 0 Å². The molecule has 1 aromatic carbocycles. The Morgan fingerprint density at radius 2 is 1.62 bits per heavy atom. The van der Waals surface area contributed by atoms with E-state index in [1.807, 2.05) is 30.3 Å². The Morgan fingerprint density at radius 3 is 2.12 bits per heavy atom.